The third-order valence-electron chi connectivity index (χ3n) is 2.57. The Labute approximate surface area is 94.3 Å². The van der Waals surface area contributed by atoms with Crippen LogP contribution in [0.5, 0.6) is 0 Å². The maximum absolute atomic E-state index is 5.66. The Morgan fingerprint density at radius 1 is 1.00 bits per heavy atom. The quantitative estimate of drug-likeness (QED) is 0.760. The van der Waals surface area contributed by atoms with Gasteiger partial charge in [0, 0.05) is 5.56 Å². The molecule has 0 unspecified atom stereocenters. The average Bonchev–Trinajstić information content (AvgIpc) is 2.23. The molecule has 0 spiro atoms. The fourth-order valence-corrected chi connectivity index (χ4v) is 1.75. The van der Waals surface area contributed by atoms with Crippen LogP contribution >= 0.6 is 0 Å². The molecule has 16 heavy (non-hydrogen) atoms. The van der Waals surface area contributed by atoms with Gasteiger partial charge in [0.1, 0.15) is 0 Å². The number of rotatable bonds is 1. The van der Waals surface area contributed by atoms with Gasteiger partial charge in [0.05, 0.1) is 11.9 Å². The number of nitrogens with zero attached hydrogens (tertiary/aromatic N) is 2. The number of nitrogen functional groups attached to an aromatic ring is 2. The fraction of sp³-hybridized carbons (Fsp3) is 0.167. The van der Waals surface area contributed by atoms with Crippen LogP contribution in [0.3, 0.4) is 0 Å². The molecule has 0 radical (unpaired) electrons. The third-order valence-corrected chi connectivity index (χ3v) is 2.57. The second-order valence-corrected chi connectivity index (χ2v) is 3.79. The molecular weight excluding hydrogens is 200 g/mol. The van der Waals surface area contributed by atoms with Gasteiger partial charge in [-0.2, -0.15) is 0 Å². The van der Waals surface area contributed by atoms with Gasteiger partial charge in [0.15, 0.2) is 11.6 Å². The highest BCUT2D eigenvalue weighted by molar-refractivity contribution is 5.69. The van der Waals surface area contributed by atoms with E-state index in [4.69, 9.17) is 11.5 Å². The molecule has 1 aromatic carbocycles. The van der Waals surface area contributed by atoms with E-state index in [1.807, 2.05) is 32.0 Å². The lowest BCUT2D eigenvalue weighted by molar-refractivity contribution is 1.21. The number of hydrogen-bond acceptors (Lipinski definition) is 4. The molecule has 0 bridgehead atoms. The summed E-state index contributed by atoms with van der Waals surface area (Å²) in [6.45, 7) is 4.08. The van der Waals surface area contributed by atoms with E-state index in [0.717, 1.165) is 22.4 Å². The van der Waals surface area contributed by atoms with Crippen LogP contribution in [-0.2, 0) is 0 Å². The summed E-state index contributed by atoms with van der Waals surface area (Å²) >= 11 is 0. The van der Waals surface area contributed by atoms with Crippen molar-refractivity contribution in [2.45, 2.75) is 13.8 Å². The van der Waals surface area contributed by atoms with Crippen molar-refractivity contribution in [2.75, 3.05) is 11.5 Å². The number of aryl methyl sites for hydroxylation is 2. The molecule has 82 valence electrons. The summed E-state index contributed by atoms with van der Waals surface area (Å²) in [5, 5.41) is 0. The number of anilines is 2. The molecule has 0 atom stereocenters. The highest BCUT2D eigenvalue weighted by atomic mass is 15.0. The first-order valence-corrected chi connectivity index (χ1v) is 5.04. The van der Waals surface area contributed by atoms with E-state index in [9.17, 15) is 0 Å². The molecule has 4 N–H and O–H groups in total. The van der Waals surface area contributed by atoms with E-state index < -0.39 is 0 Å². The van der Waals surface area contributed by atoms with Crippen LogP contribution in [0.25, 0.3) is 11.3 Å². The molecule has 0 aliphatic heterocycles. The van der Waals surface area contributed by atoms with Gasteiger partial charge in [-0.1, -0.05) is 18.2 Å². The first-order valence-electron chi connectivity index (χ1n) is 5.04. The molecule has 4 nitrogen and oxygen atoms in total. The lowest BCUT2D eigenvalue weighted by Gasteiger charge is -2.09. The Kier molecular flexibility index (Phi) is 2.48. The van der Waals surface area contributed by atoms with Gasteiger partial charge in [0.2, 0.25) is 0 Å². The molecule has 0 saturated heterocycles. The minimum absolute atomic E-state index is 0.273. The highest BCUT2D eigenvalue weighted by Gasteiger charge is 2.08. The summed E-state index contributed by atoms with van der Waals surface area (Å²) in [6.07, 6.45) is 1.65. The first kappa shape index (κ1) is 10.4. The molecule has 0 saturated carbocycles. The molecule has 2 rings (SSSR count). The number of nitrogens with two attached hydrogens (primary N) is 2. The SMILES string of the molecule is Cc1cccc(C)c1-c1cnc(N)c(N)n1. The summed E-state index contributed by atoms with van der Waals surface area (Å²) in [4.78, 5) is 8.28. The first-order chi connectivity index (χ1) is 7.59. The van der Waals surface area contributed by atoms with Crippen LogP contribution in [0.15, 0.2) is 24.4 Å². The van der Waals surface area contributed by atoms with Crippen molar-refractivity contribution in [1.29, 1.82) is 0 Å². The predicted octanol–water partition coefficient (Wildman–Crippen LogP) is 1.92. The van der Waals surface area contributed by atoms with Gasteiger partial charge in [-0.25, -0.2) is 9.97 Å². The lowest BCUT2D eigenvalue weighted by atomic mass is 10.0. The van der Waals surface area contributed by atoms with Gasteiger partial charge < -0.3 is 11.5 Å². The Bertz CT molecular complexity index is 514. The highest BCUT2D eigenvalue weighted by Crippen LogP contribution is 2.26. The monoisotopic (exact) mass is 214 g/mol. The zero-order valence-electron chi connectivity index (χ0n) is 9.36. The Hall–Kier alpha value is -2.10. The summed E-state index contributed by atoms with van der Waals surface area (Å²) in [5.41, 5.74) is 15.3. The van der Waals surface area contributed by atoms with Crippen molar-refractivity contribution in [3.63, 3.8) is 0 Å². The maximum Gasteiger partial charge on any atom is 0.166 e. The van der Waals surface area contributed by atoms with Crippen molar-refractivity contribution in [3.8, 4) is 11.3 Å². The standard InChI is InChI=1S/C12H14N4/c1-7-4-3-5-8(2)10(7)9-6-15-11(13)12(14)16-9/h3-6H,1-2H3,(H2,13,15)(H2,14,16). The van der Waals surface area contributed by atoms with Crippen LogP contribution in [0.1, 0.15) is 11.1 Å². The molecule has 4 heteroatoms. The number of hydrogen-bond donors (Lipinski definition) is 2. The van der Waals surface area contributed by atoms with E-state index in [0.29, 0.717) is 0 Å². The van der Waals surface area contributed by atoms with Crippen molar-refractivity contribution >= 4 is 11.6 Å². The Morgan fingerprint density at radius 3 is 2.19 bits per heavy atom. The molecule has 0 aliphatic carbocycles. The van der Waals surface area contributed by atoms with Crippen LogP contribution in [0.4, 0.5) is 11.6 Å². The maximum atomic E-state index is 5.66. The molecule has 1 heterocycles. The smallest absolute Gasteiger partial charge is 0.166 e. The number of benzene rings is 1. The molecule has 1 aromatic heterocycles. The van der Waals surface area contributed by atoms with Gasteiger partial charge in [-0.05, 0) is 25.0 Å². The van der Waals surface area contributed by atoms with Gasteiger partial charge >= 0.3 is 0 Å². The lowest BCUT2D eigenvalue weighted by Crippen LogP contribution is -2.02. The Balaban J connectivity index is 2.63. The van der Waals surface area contributed by atoms with Gasteiger partial charge in [0.25, 0.3) is 0 Å². The van der Waals surface area contributed by atoms with Gasteiger partial charge in [-0.3, -0.25) is 0 Å². The van der Waals surface area contributed by atoms with Gasteiger partial charge in [-0.15, -0.1) is 0 Å². The normalized spacial score (nSPS) is 10.4. The van der Waals surface area contributed by atoms with Crippen LogP contribution in [-0.4, -0.2) is 9.97 Å². The zero-order valence-corrected chi connectivity index (χ0v) is 9.36. The fourth-order valence-electron chi connectivity index (χ4n) is 1.75. The molecular formula is C12H14N4. The molecule has 0 aliphatic rings. The summed E-state index contributed by atoms with van der Waals surface area (Å²) in [7, 11) is 0. The summed E-state index contributed by atoms with van der Waals surface area (Å²) in [5.74, 6) is 0.551. The van der Waals surface area contributed by atoms with Crippen LogP contribution in [0, 0.1) is 13.8 Å². The van der Waals surface area contributed by atoms with Crippen molar-refractivity contribution in [1.82, 2.24) is 9.97 Å². The van der Waals surface area contributed by atoms with Crippen molar-refractivity contribution in [3.05, 3.63) is 35.5 Å². The largest absolute Gasteiger partial charge is 0.381 e. The third kappa shape index (κ3) is 1.69. The second kappa shape index (κ2) is 3.81. The van der Waals surface area contributed by atoms with E-state index in [1.54, 1.807) is 6.20 Å². The van der Waals surface area contributed by atoms with Crippen LogP contribution in [0.2, 0.25) is 0 Å². The summed E-state index contributed by atoms with van der Waals surface area (Å²) in [6, 6.07) is 6.09. The summed E-state index contributed by atoms with van der Waals surface area (Å²) < 4.78 is 0. The van der Waals surface area contributed by atoms with E-state index >= 15 is 0 Å². The predicted molar refractivity (Wildman–Crippen MR) is 65.8 cm³/mol. The average molecular weight is 214 g/mol. The molecule has 2 aromatic rings. The Morgan fingerprint density at radius 2 is 1.62 bits per heavy atom. The van der Waals surface area contributed by atoms with Crippen LogP contribution < -0.4 is 11.5 Å². The zero-order chi connectivity index (χ0) is 11.7. The minimum Gasteiger partial charge on any atom is -0.381 e. The minimum atomic E-state index is 0.273. The van der Waals surface area contributed by atoms with E-state index in [-0.39, 0.29) is 11.6 Å². The number of aromatic nitrogens is 2. The molecule has 0 fully saturated rings. The molecule has 0 amide bonds. The topological polar surface area (TPSA) is 77.8 Å². The second-order valence-electron chi connectivity index (χ2n) is 3.79. The van der Waals surface area contributed by atoms with Crippen molar-refractivity contribution < 1.29 is 0 Å². The van der Waals surface area contributed by atoms with Crippen molar-refractivity contribution in [2.24, 2.45) is 0 Å². The van der Waals surface area contributed by atoms with E-state index in [1.165, 1.54) is 0 Å². The van der Waals surface area contributed by atoms with E-state index in [2.05, 4.69) is 9.97 Å².